The van der Waals surface area contributed by atoms with Crippen molar-refractivity contribution in [1.29, 1.82) is 0 Å². The van der Waals surface area contributed by atoms with Gasteiger partial charge >= 0.3 is 0 Å². The van der Waals surface area contributed by atoms with Gasteiger partial charge in [-0.05, 0) is 19.1 Å². The average Bonchev–Trinajstić information content (AvgIpc) is 3.05. The molecule has 0 saturated heterocycles. The first kappa shape index (κ1) is 16.2. The minimum Gasteiger partial charge on any atom is -0.370 e. The highest BCUT2D eigenvalue weighted by Gasteiger charge is 2.14. The number of guanidine groups is 2. The molecule has 1 aromatic heterocycles. The lowest BCUT2D eigenvalue weighted by molar-refractivity contribution is 0.432. The van der Waals surface area contributed by atoms with Crippen LogP contribution < -0.4 is 17.2 Å². The van der Waals surface area contributed by atoms with Crippen LogP contribution >= 0.6 is 0 Å². The molecule has 0 aliphatic heterocycles. The molecule has 0 amide bonds. The Hall–Kier alpha value is -3.68. The number of rotatable bonds is 3. The smallest absolute Gasteiger partial charge is 0.260 e. The van der Waals surface area contributed by atoms with Crippen LogP contribution in [-0.4, -0.2) is 22.1 Å². The second-order valence-corrected chi connectivity index (χ2v) is 5.31. The molecule has 0 fully saturated rings. The van der Waals surface area contributed by atoms with Crippen molar-refractivity contribution >= 4 is 17.6 Å². The van der Waals surface area contributed by atoms with Gasteiger partial charge in [-0.15, -0.1) is 0 Å². The molecule has 1 heterocycles. The highest BCUT2D eigenvalue weighted by atomic mass is 16.5. The van der Waals surface area contributed by atoms with Crippen molar-refractivity contribution in [3.05, 3.63) is 54.1 Å². The highest BCUT2D eigenvalue weighted by Crippen LogP contribution is 2.30. The van der Waals surface area contributed by atoms with Crippen LogP contribution in [-0.2, 0) is 0 Å². The van der Waals surface area contributed by atoms with Gasteiger partial charge in [-0.1, -0.05) is 47.1 Å². The number of aromatic nitrogens is 2. The van der Waals surface area contributed by atoms with Crippen molar-refractivity contribution in [3.8, 4) is 22.8 Å². The van der Waals surface area contributed by atoms with E-state index in [1.807, 2.05) is 43.3 Å². The number of hydrogen-bond acceptors (Lipinski definition) is 4. The zero-order valence-electron chi connectivity index (χ0n) is 13.5. The second kappa shape index (κ2) is 6.83. The molecule has 8 nitrogen and oxygen atoms in total. The Kier molecular flexibility index (Phi) is 4.42. The van der Waals surface area contributed by atoms with Gasteiger partial charge in [0.05, 0.1) is 11.3 Å². The van der Waals surface area contributed by atoms with Gasteiger partial charge in [0.2, 0.25) is 11.8 Å². The van der Waals surface area contributed by atoms with Crippen LogP contribution in [0, 0.1) is 6.92 Å². The van der Waals surface area contributed by atoms with Crippen LogP contribution in [0.15, 0.2) is 63.0 Å². The summed E-state index contributed by atoms with van der Waals surface area (Å²) in [6.45, 7) is 2.01. The first-order valence-corrected chi connectivity index (χ1v) is 7.47. The first-order valence-electron chi connectivity index (χ1n) is 7.47. The molecule has 0 aliphatic carbocycles. The number of nitrogens with two attached hydrogens (primary N) is 3. The summed E-state index contributed by atoms with van der Waals surface area (Å²) >= 11 is 0. The van der Waals surface area contributed by atoms with Gasteiger partial charge in [-0.25, -0.2) is 4.99 Å². The van der Waals surface area contributed by atoms with E-state index >= 15 is 0 Å². The van der Waals surface area contributed by atoms with Crippen molar-refractivity contribution in [2.24, 2.45) is 27.2 Å². The molecular weight excluding hydrogens is 318 g/mol. The summed E-state index contributed by atoms with van der Waals surface area (Å²) in [6, 6.07) is 15.0. The fourth-order valence-corrected chi connectivity index (χ4v) is 2.19. The van der Waals surface area contributed by atoms with Crippen molar-refractivity contribution < 1.29 is 4.52 Å². The van der Waals surface area contributed by atoms with E-state index in [1.54, 1.807) is 12.1 Å². The zero-order chi connectivity index (χ0) is 17.8. The fourth-order valence-electron chi connectivity index (χ4n) is 2.19. The summed E-state index contributed by atoms with van der Waals surface area (Å²) in [5, 5.41) is 4.03. The average molecular weight is 335 g/mol. The summed E-state index contributed by atoms with van der Waals surface area (Å²) in [5.74, 6) is 0.585. The van der Waals surface area contributed by atoms with Crippen molar-refractivity contribution in [1.82, 2.24) is 10.1 Å². The van der Waals surface area contributed by atoms with Gasteiger partial charge in [-0.2, -0.15) is 9.98 Å². The molecule has 2 aromatic carbocycles. The van der Waals surface area contributed by atoms with Gasteiger partial charge in [-0.3, -0.25) is 0 Å². The molecule has 0 spiro atoms. The maximum atomic E-state index is 5.70. The summed E-state index contributed by atoms with van der Waals surface area (Å²) in [7, 11) is 0. The predicted molar refractivity (Wildman–Crippen MR) is 97.0 cm³/mol. The minimum absolute atomic E-state index is 0.0641. The maximum absolute atomic E-state index is 5.70. The summed E-state index contributed by atoms with van der Waals surface area (Å²) in [4.78, 5) is 12.3. The number of aliphatic imine (C=N–C) groups is 2. The van der Waals surface area contributed by atoms with Crippen LogP contribution in [0.1, 0.15) is 5.56 Å². The van der Waals surface area contributed by atoms with E-state index in [1.165, 1.54) is 0 Å². The Bertz CT molecular complexity index is 938. The Morgan fingerprint density at radius 1 is 1.00 bits per heavy atom. The quantitative estimate of drug-likeness (QED) is 0.493. The molecule has 0 saturated carbocycles. The molecule has 3 rings (SSSR count). The predicted octanol–water partition coefficient (Wildman–Crippen LogP) is 1.93. The standard InChI is InChI=1S/C17H17N7O/c1-10-6-8-11(9-7-10)14-22-15(25-24-14)12-4-2-3-5-13(12)21-17(20)23-16(18)19/h2-9H,1H3,(H6,18,19,20,21,23). The third-order valence-electron chi connectivity index (χ3n) is 3.35. The van der Waals surface area contributed by atoms with E-state index in [9.17, 15) is 0 Å². The van der Waals surface area contributed by atoms with Crippen LogP contribution in [0.5, 0.6) is 0 Å². The maximum Gasteiger partial charge on any atom is 0.260 e. The van der Waals surface area contributed by atoms with Crippen molar-refractivity contribution in [2.75, 3.05) is 0 Å². The number of para-hydroxylation sites is 1. The van der Waals surface area contributed by atoms with Gasteiger partial charge in [0.25, 0.3) is 5.89 Å². The van der Waals surface area contributed by atoms with Gasteiger partial charge in [0.1, 0.15) is 0 Å². The van der Waals surface area contributed by atoms with Gasteiger partial charge < -0.3 is 21.7 Å². The summed E-state index contributed by atoms with van der Waals surface area (Å²) in [6.07, 6.45) is 0. The molecule has 0 radical (unpaired) electrons. The van der Waals surface area contributed by atoms with E-state index < -0.39 is 0 Å². The van der Waals surface area contributed by atoms with Crippen molar-refractivity contribution in [3.63, 3.8) is 0 Å². The Morgan fingerprint density at radius 3 is 2.44 bits per heavy atom. The number of nitrogens with zero attached hydrogens (tertiary/aromatic N) is 4. The SMILES string of the molecule is Cc1ccc(-c2noc(-c3ccccc3N=C(N)N=C(N)N)n2)cc1. The van der Waals surface area contributed by atoms with Crippen LogP contribution in [0.4, 0.5) is 5.69 Å². The van der Waals surface area contributed by atoms with E-state index in [2.05, 4.69) is 20.1 Å². The third-order valence-corrected chi connectivity index (χ3v) is 3.35. The molecule has 3 aromatic rings. The minimum atomic E-state index is -0.168. The molecule has 0 atom stereocenters. The molecule has 0 bridgehead atoms. The van der Waals surface area contributed by atoms with Crippen LogP contribution in [0.2, 0.25) is 0 Å². The molecule has 6 N–H and O–H groups in total. The lowest BCUT2D eigenvalue weighted by Crippen LogP contribution is -2.26. The normalized spacial score (nSPS) is 11.3. The van der Waals surface area contributed by atoms with E-state index in [4.69, 9.17) is 21.7 Å². The number of aryl methyl sites for hydroxylation is 1. The summed E-state index contributed by atoms with van der Waals surface area (Å²) < 4.78 is 5.38. The second-order valence-electron chi connectivity index (χ2n) is 5.31. The largest absolute Gasteiger partial charge is 0.370 e. The molecular formula is C17H17N7O. The van der Waals surface area contributed by atoms with Gasteiger partial charge in [0.15, 0.2) is 5.96 Å². The number of hydrogen-bond donors (Lipinski definition) is 3. The summed E-state index contributed by atoms with van der Waals surface area (Å²) in [5.41, 5.74) is 19.5. The van der Waals surface area contributed by atoms with E-state index in [0.29, 0.717) is 23.0 Å². The highest BCUT2D eigenvalue weighted by molar-refractivity contribution is 5.94. The Balaban J connectivity index is 1.98. The van der Waals surface area contributed by atoms with Gasteiger partial charge in [0, 0.05) is 5.56 Å². The molecule has 25 heavy (non-hydrogen) atoms. The molecule has 8 heteroatoms. The van der Waals surface area contributed by atoms with Crippen LogP contribution in [0.25, 0.3) is 22.8 Å². The Labute approximate surface area is 144 Å². The Morgan fingerprint density at radius 2 is 1.72 bits per heavy atom. The zero-order valence-corrected chi connectivity index (χ0v) is 13.5. The lowest BCUT2D eigenvalue weighted by Gasteiger charge is -2.01. The van der Waals surface area contributed by atoms with E-state index in [0.717, 1.165) is 11.1 Å². The van der Waals surface area contributed by atoms with E-state index in [-0.39, 0.29) is 11.9 Å². The fraction of sp³-hybridized carbons (Fsp3) is 0.0588. The monoisotopic (exact) mass is 335 g/mol. The first-order chi connectivity index (χ1) is 12.0. The van der Waals surface area contributed by atoms with Crippen molar-refractivity contribution in [2.45, 2.75) is 6.92 Å². The lowest BCUT2D eigenvalue weighted by atomic mass is 10.1. The third kappa shape index (κ3) is 3.81. The molecule has 0 unspecified atom stereocenters. The molecule has 126 valence electrons. The van der Waals surface area contributed by atoms with Crippen LogP contribution in [0.3, 0.4) is 0 Å². The molecule has 0 aliphatic rings. The number of benzene rings is 2. The topological polar surface area (TPSA) is 142 Å².